The van der Waals surface area contributed by atoms with Crippen molar-refractivity contribution in [1.29, 1.82) is 0 Å². The lowest BCUT2D eigenvalue weighted by Crippen LogP contribution is -2.26. The fourth-order valence-corrected chi connectivity index (χ4v) is 4.41. The summed E-state index contributed by atoms with van der Waals surface area (Å²) in [5.41, 5.74) is 5.12. The van der Waals surface area contributed by atoms with Gasteiger partial charge in [-0.25, -0.2) is 4.98 Å². The van der Waals surface area contributed by atoms with Gasteiger partial charge in [0.2, 0.25) is 0 Å². The summed E-state index contributed by atoms with van der Waals surface area (Å²) in [5.74, 6) is 2.01. The van der Waals surface area contributed by atoms with E-state index in [1.54, 1.807) is 0 Å². The molecule has 0 aliphatic rings. The van der Waals surface area contributed by atoms with Crippen molar-refractivity contribution in [3.05, 3.63) is 108 Å². The average molecular weight is 468 g/mol. The van der Waals surface area contributed by atoms with Crippen LogP contribution in [0.4, 0.5) is 0 Å². The van der Waals surface area contributed by atoms with E-state index in [4.69, 9.17) is 9.72 Å². The van der Waals surface area contributed by atoms with E-state index in [2.05, 4.69) is 108 Å². The smallest absolute Gasteiger partial charge is 0.140 e. The summed E-state index contributed by atoms with van der Waals surface area (Å²) < 4.78 is 8.03. The maximum Gasteiger partial charge on any atom is 0.140 e. The number of aromatic nitrogens is 2. The predicted molar refractivity (Wildman–Crippen MR) is 144 cm³/mol. The van der Waals surface area contributed by atoms with Crippen molar-refractivity contribution >= 4 is 0 Å². The zero-order valence-electron chi connectivity index (χ0n) is 21.1. The van der Waals surface area contributed by atoms with Crippen LogP contribution in [0, 0.1) is 0 Å². The maximum absolute atomic E-state index is 5.61. The molecule has 0 aliphatic carbocycles. The molecule has 1 heterocycles. The number of imidazole rings is 1. The molecular formula is C31H37N3O. The number of hydrogen-bond donors (Lipinski definition) is 0. The Morgan fingerprint density at radius 1 is 0.800 bits per heavy atom. The third-order valence-corrected chi connectivity index (χ3v) is 6.29. The van der Waals surface area contributed by atoms with Crippen LogP contribution in [0.3, 0.4) is 0 Å². The van der Waals surface area contributed by atoms with Crippen LogP contribution < -0.4 is 4.74 Å². The van der Waals surface area contributed by atoms with Gasteiger partial charge in [0.1, 0.15) is 11.6 Å². The lowest BCUT2D eigenvalue weighted by molar-refractivity contribution is 0.253. The van der Waals surface area contributed by atoms with Gasteiger partial charge in [0, 0.05) is 31.7 Å². The molecule has 0 radical (unpaired) electrons. The Morgan fingerprint density at radius 3 is 2.20 bits per heavy atom. The van der Waals surface area contributed by atoms with Crippen molar-refractivity contribution < 1.29 is 4.74 Å². The average Bonchev–Trinajstić information content (AvgIpc) is 3.30. The van der Waals surface area contributed by atoms with Gasteiger partial charge >= 0.3 is 0 Å². The molecule has 0 spiro atoms. The highest BCUT2D eigenvalue weighted by atomic mass is 16.5. The second-order valence-corrected chi connectivity index (χ2v) is 8.97. The minimum absolute atomic E-state index is 0.695. The molecule has 35 heavy (non-hydrogen) atoms. The topological polar surface area (TPSA) is 30.3 Å². The lowest BCUT2D eigenvalue weighted by Gasteiger charge is -2.24. The standard InChI is InChI=1S/C31H37N3O/c1-3-5-21-34-29(23-32-31(34)28-14-10-7-11-15-28)25-33(24-27-12-8-6-9-13-27)22-20-26-16-18-30(19-17-26)35-4-2/h6-19,23H,3-5,20-22,24-25H2,1-2H3. The van der Waals surface area contributed by atoms with Gasteiger partial charge in [0.05, 0.1) is 18.5 Å². The zero-order chi connectivity index (χ0) is 24.3. The summed E-state index contributed by atoms with van der Waals surface area (Å²) in [6, 6.07) is 29.8. The van der Waals surface area contributed by atoms with Crippen molar-refractivity contribution in [1.82, 2.24) is 14.5 Å². The number of rotatable bonds is 13. The molecule has 4 nitrogen and oxygen atoms in total. The second-order valence-electron chi connectivity index (χ2n) is 8.97. The second kappa shape index (κ2) is 12.9. The molecule has 4 heteroatoms. The summed E-state index contributed by atoms with van der Waals surface area (Å²) in [6.07, 6.45) is 5.38. The van der Waals surface area contributed by atoms with Crippen LogP contribution in [0.1, 0.15) is 43.5 Å². The summed E-state index contributed by atoms with van der Waals surface area (Å²) in [4.78, 5) is 7.41. The van der Waals surface area contributed by atoms with Crippen LogP contribution >= 0.6 is 0 Å². The quantitative estimate of drug-likeness (QED) is 0.212. The van der Waals surface area contributed by atoms with Gasteiger partial charge in [-0.05, 0) is 43.0 Å². The van der Waals surface area contributed by atoms with E-state index in [-0.39, 0.29) is 0 Å². The first-order chi connectivity index (χ1) is 17.3. The van der Waals surface area contributed by atoms with Gasteiger partial charge in [-0.15, -0.1) is 0 Å². The monoisotopic (exact) mass is 467 g/mol. The number of hydrogen-bond acceptors (Lipinski definition) is 3. The number of unbranched alkanes of at least 4 members (excludes halogenated alkanes) is 1. The fraction of sp³-hybridized carbons (Fsp3) is 0.323. The Labute approximate surface area is 210 Å². The fourth-order valence-electron chi connectivity index (χ4n) is 4.41. The van der Waals surface area contributed by atoms with E-state index in [1.165, 1.54) is 22.4 Å². The van der Waals surface area contributed by atoms with E-state index in [0.29, 0.717) is 6.61 Å². The Kier molecular flexibility index (Phi) is 9.13. The van der Waals surface area contributed by atoms with E-state index < -0.39 is 0 Å². The van der Waals surface area contributed by atoms with E-state index in [0.717, 1.165) is 57.0 Å². The highest BCUT2D eigenvalue weighted by Crippen LogP contribution is 2.22. The number of benzene rings is 3. The molecule has 0 aliphatic heterocycles. The predicted octanol–water partition coefficient (Wildman–Crippen LogP) is 6.99. The SMILES string of the molecule is CCCCn1c(CN(CCc2ccc(OCC)cc2)Cc2ccccc2)cnc1-c1ccccc1. The lowest BCUT2D eigenvalue weighted by atomic mass is 10.1. The van der Waals surface area contributed by atoms with Gasteiger partial charge in [-0.2, -0.15) is 0 Å². The number of ether oxygens (including phenoxy) is 1. The third-order valence-electron chi connectivity index (χ3n) is 6.29. The zero-order valence-corrected chi connectivity index (χ0v) is 21.1. The Bertz CT molecular complexity index is 1140. The maximum atomic E-state index is 5.61. The summed E-state index contributed by atoms with van der Waals surface area (Å²) in [7, 11) is 0. The molecule has 4 rings (SSSR count). The highest BCUT2D eigenvalue weighted by Gasteiger charge is 2.15. The van der Waals surface area contributed by atoms with Crippen molar-refractivity contribution in [2.45, 2.75) is 52.7 Å². The molecule has 0 N–H and O–H groups in total. The molecule has 3 aromatic carbocycles. The summed E-state index contributed by atoms with van der Waals surface area (Å²) in [5, 5.41) is 0. The van der Waals surface area contributed by atoms with E-state index >= 15 is 0 Å². The summed E-state index contributed by atoms with van der Waals surface area (Å²) >= 11 is 0. The minimum Gasteiger partial charge on any atom is -0.494 e. The molecule has 0 bridgehead atoms. The van der Waals surface area contributed by atoms with Crippen LogP contribution in [0.25, 0.3) is 11.4 Å². The normalized spacial score (nSPS) is 11.2. The van der Waals surface area contributed by atoms with Gasteiger partial charge in [0.25, 0.3) is 0 Å². The molecule has 0 atom stereocenters. The minimum atomic E-state index is 0.695. The molecule has 0 unspecified atom stereocenters. The molecule has 0 fully saturated rings. The van der Waals surface area contributed by atoms with Crippen molar-refractivity contribution in [3.8, 4) is 17.1 Å². The van der Waals surface area contributed by atoms with Crippen molar-refractivity contribution in [2.24, 2.45) is 0 Å². The van der Waals surface area contributed by atoms with Crippen LogP contribution in [-0.2, 0) is 26.1 Å². The number of nitrogens with zero attached hydrogens (tertiary/aromatic N) is 3. The van der Waals surface area contributed by atoms with Gasteiger partial charge in [-0.3, -0.25) is 4.90 Å². The molecule has 4 aromatic rings. The third kappa shape index (κ3) is 7.06. The van der Waals surface area contributed by atoms with Gasteiger partial charge in [-0.1, -0.05) is 86.1 Å². The van der Waals surface area contributed by atoms with Crippen molar-refractivity contribution in [3.63, 3.8) is 0 Å². The molecular weight excluding hydrogens is 430 g/mol. The molecule has 0 saturated carbocycles. The van der Waals surface area contributed by atoms with Crippen molar-refractivity contribution in [2.75, 3.05) is 13.2 Å². The van der Waals surface area contributed by atoms with Gasteiger partial charge < -0.3 is 9.30 Å². The first-order valence-electron chi connectivity index (χ1n) is 12.8. The van der Waals surface area contributed by atoms with Gasteiger partial charge in [0.15, 0.2) is 0 Å². The molecule has 0 saturated heterocycles. The van der Waals surface area contributed by atoms with Crippen LogP contribution in [0.15, 0.2) is 91.1 Å². The molecule has 0 amide bonds. The molecule has 182 valence electrons. The first-order valence-corrected chi connectivity index (χ1v) is 12.8. The molecule has 1 aromatic heterocycles. The van der Waals surface area contributed by atoms with Crippen LogP contribution in [0.2, 0.25) is 0 Å². The Hall–Kier alpha value is -3.37. The Morgan fingerprint density at radius 2 is 1.51 bits per heavy atom. The van der Waals surface area contributed by atoms with Crippen LogP contribution in [0.5, 0.6) is 5.75 Å². The summed E-state index contributed by atoms with van der Waals surface area (Å²) in [6.45, 7) is 8.71. The largest absolute Gasteiger partial charge is 0.494 e. The highest BCUT2D eigenvalue weighted by molar-refractivity contribution is 5.55. The van der Waals surface area contributed by atoms with E-state index in [1.807, 2.05) is 6.92 Å². The first kappa shape index (κ1) is 24.7. The van der Waals surface area contributed by atoms with E-state index in [9.17, 15) is 0 Å². The Balaban J connectivity index is 1.54. The van der Waals surface area contributed by atoms with Crippen LogP contribution in [-0.4, -0.2) is 27.6 Å².